The summed E-state index contributed by atoms with van der Waals surface area (Å²) in [6, 6.07) is 10.6. The van der Waals surface area contributed by atoms with Crippen LogP contribution in [0, 0.1) is 11.3 Å². The zero-order valence-corrected chi connectivity index (χ0v) is 11.5. The van der Waals surface area contributed by atoms with Crippen LogP contribution in [-0.2, 0) is 0 Å². The Morgan fingerprint density at radius 2 is 2.26 bits per heavy atom. The largest absolute Gasteiger partial charge is 0.370 e. The van der Waals surface area contributed by atoms with E-state index in [-0.39, 0.29) is 0 Å². The van der Waals surface area contributed by atoms with Crippen LogP contribution in [0.25, 0.3) is 0 Å². The third-order valence-corrected chi connectivity index (χ3v) is 3.83. The molecule has 1 heterocycles. The van der Waals surface area contributed by atoms with E-state index in [1.54, 1.807) is 0 Å². The molecule has 0 amide bonds. The molecule has 1 aromatic carbocycles. The van der Waals surface area contributed by atoms with E-state index < -0.39 is 0 Å². The first-order chi connectivity index (χ1) is 9.24. The van der Waals surface area contributed by atoms with Crippen LogP contribution in [0.15, 0.2) is 24.3 Å². The van der Waals surface area contributed by atoms with Crippen molar-refractivity contribution in [3.63, 3.8) is 0 Å². The van der Waals surface area contributed by atoms with Gasteiger partial charge in [0.05, 0.1) is 11.6 Å². The van der Waals surface area contributed by atoms with Gasteiger partial charge in [-0.05, 0) is 51.2 Å². The Hall–Kier alpha value is -1.57. The summed E-state index contributed by atoms with van der Waals surface area (Å²) in [7, 11) is 2.18. The van der Waals surface area contributed by atoms with E-state index in [4.69, 9.17) is 11.0 Å². The van der Waals surface area contributed by atoms with Crippen LogP contribution in [0.4, 0.5) is 5.69 Å². The average molecular weight is 258 g/mol. The SMILES string of the molecule is CN1CCCN(c2cccc(C#N)c2)CC1CCN. The molecule has 0 radical (unpaired) electrons. The number of anilines is 1. The van der Waals surface area contributed by atoms with E-state index in [0.29, 0.717) is 6.04 Å². The lowest BCUT2D eigenvalue weighted by Crippen LogP contribution is -2.40. The van der Waals surface area contributed by atoms with Gasteiger partial charge >= 0.3 is 0 Å². The molecule has 0 saturated carbocycles. The minimum atomic E-state index is 0.498. The zero-order valence-electron chi connectivity index (χ0n) is 11.5. The Morgan fingerprint density at radius 1 is 1.42 bits per heavy atom. The lowest BCUT2D eigenvalue weighted by atomic mass is 10.1. The van der Waals surface area contributed by atoms with Gasteiger partial charge in [0.15, 0.2) is 0 Å². The van der Waals surface area contributed by atoms with Crippen LogP contribution < -0.4 is 10.6 Å². The summed E-state index contributed by atoms with van der Waals surface area (Å²) in [6.45, 7) is 3.86. The molecule has 1 aliphatic heterocycles. The Balaban J connectivity index is 2.16. The van der Waals surface area contributed by atoms with Gasteiger partial charge in [-0.3, -0.25) is 0 Å². The summed E-state index contributed by atoms with van der Waals surface area (Å²) >= 11 is 0. The van der Waals surface area contributed by atoms with Crippen LogP contribution in [0.2, 0.25) is 0 Å². The third kappa shape index (κ3) is 3.46. The molecule has 0 aliphatic carbocycles. The molecule has 4 nitrogen and oxygen atoms in total. The molecule has 4 heteroatoms. The van der Waals surface area contributed by atoms with E-state index in [2.05, 4.69) is 29.0 Å². The van der Waals surface area contributed by atoms with Crippen molar-refractivity contribution < 1.29 is 0 Å². The zero-order chi connectivity index (χ0) is 13.7. The molecule has 102 valence electrons. The Kier molecular flexibility index (Phi) is 4.78. The highest BCUT2D eigenvalue weighted by molar-refractivity contribution is 5.51. The molecule has 2 rings (SSSR count). The normalized spacial score (nSPS) is 20.9. The first-order valence-electron chi connectivity index (χ1n) is 6.90. The maximum Gasteiger partial charge on any atom is 0.0992 e. The van der Waals surface area contributed by atoms with Gasteiger partial charge in [0.2, 0.25) is 0 Å². The molecule has 1 saturated heterocycles. The van der Waals surface area contributed by atoms with Gasteiger partial charge in [-0.1, -0.05) is 6.07 Å². The van der Waals surface area contributed by atoms with Crippen molar-refractivity contribution in [2.75, 3.05) is 38.1 Å². The van der Waals surface area contributed by atoms with Crippen molar-refractivity contribution >= 4 is 5.69 Å². The molecule has 1 unspecified atom stereocenters. The van der Waals surface area contributed by atoms with E-state index in [1.165, 1.54) is 0 Å². The molecule has 0 bridgehead atoms. The second-order valence-electron chi connectivity index (χ2n) is 5.17. The summed E-state index contributed by atoms with van der Waals surface area (Å²) in [5, 5.41) is 9.00. The summed E-state index contributed by atoms with van der Waals surface area (Å²) in [6.07, 6.45) is 2.17. The van der Waals surface area contributed by atoms with Crippen LogP contribution in [0.5, 0.6) is 0 Å². The second kappa shape index (κ2) is 6.55. The van der Waals surface area contributed by atoms with Crippen LogP contribution >= 0.6 is 0 Å². The maximum absolute atomic E-state index is 9.00. The van der Waals surface area contributed by atoms with Crippen molar-refractivity contribution in [3.8, 4) is 6.07 Å². The van der Waals surface area contributed by atoms with Crippen molar-refractivity contribution in [1.82, 2.24) is 4.90 Å². The topological polar surface area (TPSA) is 56.3 Å². The third-order valence-electron chi connectivity index (χ3n) is 3.83. The van der Waals surface area contributed by atoms with Gasteiger partial charge in [-0.15, -0.1) is 0 Å². The molecule has 1 aliphatic rings. The Labute approximate surface area is 115 Å². The average Bonchev–Trinajstić information content (AvgIpc) is 2.62. The molecular formula is C15H22N4. The lowest BCUT2D eigenvalue weighted by Gasteiger charge is -2.30. The molecule has 2 N–H and O–H groups in total. The van der Waals surface area contributed by atoms with E-state index >= 15 is 0 Å². The number of likely N-dealkylation sites (N-methyl/N-ethyl adjacent to an activating group) is 1. The monoisotopic (exact) mass is 258 g/mol. The minimum Gasteiger partial charge on any atom is -0.370 e. The predicted octanol–water partition coefficient (Wildman–Crippen LogP) is 1.42. The fourth-order valence-corrected chi connectivity index (χ4v) is 2.69. The van der Waals surface area contributed by atoms with Gasteiger partial charge < -0.3 is 15.5 Å². The van der Waals surface area contributed by atoms with Gasteiger partial charge in [0.25, 0.3) is 0 Å². The van der Waals surface area contributed by atoms with Crippen molar-refractivity contribution in [2.24, 2.45) is 5.73 Å². The first kappa shape index (κ1) is 13.9. The molecule has 0 aromatic heterocycles. The molecule has 1 aromatic rings. The number of nitriles is 1. The molecular weight excluding hydrogens is 236 g/mol. The number of nitrogens with two attached hydrogens (primary N) is 1. The highest BCUT2D eigenvalue weighted by atomic mass is 15.2. The van der Waals surface area contributed by atoms with Crippen molar-refractivity contribution in [3.05, 3.63) is 29.8 Å². The number of hydrogen-bond donors (Lipinski definition) is 1. The van der Waals surface area contributed by atoms with E-state index in [9.17, 15) is 0 Å². The smallest absolute Gasteiger partial charge is 0.0992 e. The quantitative estimate of drug-likeness (QED) is 0.891. The van der Waals surface area contributed by atoms with Gasteiger partial charge in [0.1, 0.15) is 0 Å². The molecule has 1 fully saturated rings. The summed E-state index contributed by atoms with van der Waals surface area (Å²) in [5.74, 6) is 0. The number of hydrogen-bond acceptors (Lipinski definition) is 4. The van der Waals surface area contributed by atoms with Crippen LogP contribution in [0.1, 0.15) is 18.4 Å². The molecule has 1 atom stereocenters. The van der Waals surface area contributed by atoms with Gasteiger partial charge in [0, 0.05) is 24.8 Å². The first-order valence-corrected chi connectivity index (χ1v) is 6.90. The fraction of sp³-hybridized carbons (Fsp3) is 0.533. The number of nitrogens with zero attached hydrogens (tertiary/aromatic N) is 3. The van der Waals surface area contributed by atoms with E-state index in [0.717, 1.165) is 50.3 Å². The number of benzene rings is 1. The molecule has 19 heavy (non-hydrogen) atoms. The van der Waals surface area contributed by atoms with Crippen molar-refractivity contribution in [2.45, 2.75) is 18.9 Å². The Morgan fingerprint density at radius 3 is 3.00 bits per heavy atom. The van der Waals surface area contributed by atoms with Crippen LogP contribution in [-0.4, -0.2) is 44.2 Å². The highest BCUT2D eigenvalue weighted by Gasteiger charge is 2.21. The van der Waals surface area contributed by atoms with Crippen molar-refractivity contribution in [1.29, 1.82) is 5.26 Å². The predicted molar refractivity (Wildman–Crippen MR) is 78.1 cm³/mol. The number of rotatable bonds is 3. The Bertz CT molecular complexity index is 452. The molecule has 0 spiro atoms. The minimum absolute atomic E-state index is 0.498. The van der Waals surface area contributed by atoms with E-state index in [1.807, 2.05) is 18.2 Å². The summed E-state index contributed by atoms with van der Waals surface area (Å²) in [5.41, 5.74) is 7.59. The standard InChI is InChI=1S/C15H22N4/c1-18-8-3-9-19(12-15(18)6-7-16)14-5-2-4-13(10-14)11-17/h2,4-5,10,15H,3,6-9,12,16H2,1H3. The second-order valence-corrected chi connectivity index (χ2v) is 5.17. The van der Waals surface area contributed by atoms with Gasteiger partial charge in [-0.25, -0.2) is 0 Å². The maximum atomic E-state index is 9.00. The summed E-state index contributed by atoms with van der Waals surface area (Å²) in [4.78, 5) is 4.78. The van der Waals surface area contributed by atoms with Crippen LogP contribution in [0.3, 0.4) is 0 Å². The lowest BCUT2D eigenvalue weighted by molar-refractivity contribution is 0.251. The van der Waals surface area contributed by atoms with Gasteiger partial charge in [-0.2, -0.15) is 5.26 Å². The summed E-state index contributed by atoms with van der Waals surface area (Å²) < 4.78 is 0. The highest BCUT2D eigenvalue weighted by Crippen LogP contribution is 2.20. The fourth-order valence-electron chi connectivity index (χ4n) is 2.69.